The first-order chi connectivity index (χ1) is 14.5. The second kappa shape index (κ2) is 9.90. The van der Waals surface area contributed by atoms with Crippen molar-refractivity contribution in [2.45, 2.75) is 30.5 Å². The van der Waals surface area contributed by atoms with Crippen LogP contribution in [0.1, 0.15) is 24.6 Å². The summed E-state index contributed by atoms with van der Waals surface area (Å²) >= 11 is 1.29. The van der Waals surface area contributed by atoms with Crippen molar-refractivity contribution >= 4 is 23.5 Å². The number of benzene rings is 1. The summed E-state index contributed by atoms with van der Waals surface area (Å²) in [4.78, 5) is 21.8. The minimum Gasteiger partial charge on any atom is -0.497 e. The molecule has 1 unspecified atom stereocenters. The maximum absolute atomic E-state index is 12.8. The molecule has 152 valence electrons. The number of methoxy groups -OCH3 is 1. The lowest BCUT2D eigenvalue weighted by Gasteiger charge is -2.15. The van der Waals surface area contributed by atoms with Gasteiger partial charge in [0.25, 0.3) is 0 Å². The predicted molar refractivity (Wildman–Crippen MR) is 118 cm³/mol. The molecule has 0 bridgehead atoms. The number of nitrogens with one attached hydrogen (secondary N) is 1. The molecule has 30 heavy (non-hydrogen) atoms. The largest absolute Gasteiger partial charge is 0.497 e. The van der Waals surface area contributed by atoms with Crippen LogP contribution in [-0.4, -0.2) is 28.2 Å². The number of thioether (sulfide) groups is 1. The Labute approximate surface area is 180 Å². The third-order valence-corrected chi connectivity index (χ3v) is 5.79. The normalized spacial score (nSPS) is 11.4. The lowest BCUT2D eigenvalue weighted by Crippen LogP contribution is -2.25. The second-order valence-electron chi connectivity index (χ2n) is 6.56. The Morgan fingerprint density at radius 3 is 2.57 bits per heavy atom. The Hall–Kier alpha value is -3.37. The molecule has 3 aromatic rings. The molecule has 6 nitrogen and oxygen atoms in total. The van der Waals surface area contributed by atoms with Gasteiger partial charge >= 0.3 is 0 Å². The SMILES string of the molecule is CCC(Sc1nc(-c2ccc(OC)cc2)ccc1C#N)C(=O)Nc1cccc(C)n1. The van der Waals surface area contributed by atoms with Crippen molar-refractivity contribution in [3.8, 4) is 23.1 Å². The zero-order valence-electron chi connectivity index (χ0n) is 17.0. The summed E-state index contributed by atoms with van der Waals surface area (Å²) < 4.78 is 5.20. The van der Waals surface area contributed by atoms with E-state index >= 15 is 0 Å². The molecular formula is C23H22N4O2S. The minimum atomic E-state index is -0.405. The number of rotatable bonds is 7. The Bertz CT molecular complexity index is 1080. The first kappa shape index (κ1) is 21.3. The highest BCUT2D eigenvalue weighted by Crippen LogP contribution is 2.30. The van der Waals surface area contributed by atoms with Gasteiger partial charge in [-0.3, -0.25) is 4.79 Å². The number of nitriles is 1. The van der Waals surface area contributed by atoms with Gasteiger partial charge in [0.15, 0.2) is 0 Å². The van der Waals surface area contributed by atoms with Gasteiger partial charge in [-0.05, 0) is 61.9 Å². The van der Waals surface area contributed by atoms with Crippen molar-refractivity contribution in [1.82, 2.24) is 9.97 Å². The number of hydrogen-bond donors (Lipinski definition) is 1. The zero-order valence-corrected chi connectivity index (χ0v) is 17.9. The van der Waals surface area contributed by atoms with E-state index in [4.69, 9.17) is 4.74 Å². The third kappa shape index (κ3) is 5.16. The summed E-state index contributed by atoms with van der Waals surface area (Å²) in [7, 11) is 1.62. The van der Waals surface area contributed by atoms with Gasteiger partial charge in [0.1, 0.15) is 22.7 Å². The summed E-state index contributed by atoms with van der Waals surface area (Å²) in [5, 5.41) is 12.5. The molecule has 0 radical (unpaired) electrons. The van der Waals surface area contributed by atoms with E-state index < -0.39 is 5.25 Å². The maximum Gasteiger partial charge on any atom is 0.239 e. The average Bonchev–Trinajstić information content (AvgIpc) is 2.77. The van der Waals surface area contributed by atoms with Gasteiger partial charge in [-0.2, -0.15) is 5.26 Å². The topological polar surface area (TPSA) is 87.9 Å². The van der Waals surface area contributed by atoms with E-state index in [1.807, 2.05) is 56.3 Å². The number of carbonyl (C=O) groups excluding carboxylic acids is 1. The van der Waals surface area contributed by atoms with Gasteiger partial charge in [-0.15, -0.1) is 0 Å². The Morgan fingerprint density at radius 1 is 1.17 bits per heavy atom. The lowest BCUT2D eigenvalue weighted by molar-refractivity contribution is -0.115. The Balaban J connectivity index is 1.83. The van der Waals surface area contributed by atoms with Crippen LogP contribution in [0.25, 0.3) is 11.3 Å². The quantitative estimate of drug-likeness (QED) is 0.552. The van der Waals surface area contributed by atoms with Crippen molar-refractivity contribution < 1.29 is 9.53 Å². The standard InChI is InChI=1S/C23H22N4O2S/c1-4-20(22(28)27-21-7-5-6-15(2)25-21)30-23-17(14-24)10-13-19(26-23)16-8-11-18(29-3)12-9-16/h5-13,20H,4H2,1-3H3,(H,25,27,28). The van der Waals surface area contributed by atoms with Gasteiger partial charge in [-0.25, -0.2) is 9.97 Å². The van der Waals surface area contributed by atoms with Crippen LogP contribution in [0.15, 0.2) is 59.6 Å². The highest BCUT2D eigenvalue weighted by Gasteiger charge is 2.21. The molecule has 0 saturated heterocycles. The fraction of sp³-hybridized carbons (Fsp3) is 0.217. The molecule has 0 spiro atoms. The van der Waals surface area contributed by atoms with E-state index in [1.165, 1.54) is 11.8 Å². The number of nitrogens with zero attached hydrogens (tertiary/aromatic N) is 3. The van der Waals surface area contributed by atoms with Crippen LogP contribution in [-0.2, 0) is 4.79 Å². The van der Waals surface area contributed by atoms with Gasteiger partial charge in [0.05, 0.1) is 23.6 Å². The molecule has 1 aromatic carbocycles. The third-order valence-electron chi connectivity index (χ3n) is 4.42. The molecule has 2 aromatic heterocycles. The van der Waals surface area contributed by atoms with Crippen LogP contribution in [0, 0.1) is 18.3 Å². The Morgan fingerprint density at radius 2 is 1.93 bits per heavy atom. The Kier molecular flexibility index (Phi) is 7.04. The van der Waals surface area contributed by atoms with E-state index in [2.05, 4.69) is 21.4 Å². The van der Waals surface area contributed by atoms with Crippen molar-refractivity contribution in [2.24, 2.45) is 0 Å². The van der Waals surface area contributed by atoms with E-state index in [0.717, 1.165) is 22.7 Å². The van der Waals surface area contributed by atoms with E-state index in [0.29, 0.717) is 22.8 Å². The monoisotopic (exact) mass is 418 g/mol. The summed E-state index contributed by atoms with van der Waals surface area (Å²) in [6, 6.07) is 18.7. The maximum atomic E-state index is 12.8. The predicted octanol–water partition coefficient (Wildman–Crippen LogP) is 4.84. The number of aryl methyl sites for hydroxylation is 1. The van der Waals surface area contributed by atoms with Crippen molar-refractivity contribution in [1.29, 1.82) is 5.26 Å². The lowest BCUT2D eigenvalue weighted by atomic mass is 10.1. The highest BCUT2D eigenvalue weighted by atomic mass is 32.2. The molecule has 7 heteroatoms. The van der Waals surface area contributed by atoms with E-state index in [1.54, 1.807) is 19.2 Å². The van der Waals surface area contributed by atoms with E-state index in [-0.39, 0.29) is 5.91 Å². The number of hydrogen-bond acceptors (Lipinski definition) is 6. The van der Waals surface area contributed by atoms with Gasteiger partial charge in [0.2, 0.25) is 5.91 Å². The van der Waals surface area contributed by atoms with Crippen LogP contribution in [0.4, 0.5) is 5.82 Å². The number of pyridine rings is 2. The van der Waals surface area contributed by atoms with Crippen molar-refractivity contribution in [3.05, 3.63) is 65.9 Å². The smallest absolute Gasteiger partial charge is 0.239 e. The number of ether oxygens (including phenoxy) is 1. The zero-order chi connectivity index (χ0) is 21.5. The van der Waals surface area contributed by atoms with Gasteiger partial charge in [0, 0.05) is 11.3 Å². The molecule has 0 aliphatic heterocycles. The molecule has 1 amide bonds. The number of aromatic nitrogens is 2. The molecule has 0 aliphatic carbocycles. The molecular weight excluding hydrogens is 396 g/mol. The molecule has 2 heterocycles. The summed E-state index contributed by atoms with van der Waals surface area (Å²) in [6.07, 6.45) is 0.585. The second-order valence-corrected chi connectivity index (χ2v) is 7.75. The molecule has 3 rings (SSSR count). The summed E-state index contributed by atoms with van der Waals surface area (Å²) in [6.45, 7) is 3.80. The molecule has 0 saturated carbocycles. The molecule has 0 fully saturated rings. The number of anilines is 1. The first-order valence-corrected chi connectivity index (χ1v) is 10.4. The highest BCUT2D eigenvalue weighted by molar-refractivity contribution is 8.00. The van der Waals surface area contributed by atoms with Crippen LogP contribution < -0.4 is 10.1 Å². The van der Waals surface area contributed by atoms with Gasteiger partial charge in [-0.1, -0.05) is 24.8 Å². The summed E-state index contributed by atoms with van der Waals surface area (Å²) in [5.41, 5.74) is 2.91. The molecule has 0 aliphatic rings. The average molecular weight is 419 g/mol. The summed E-state index contributed by atoms with van der Waals surface area (Å²) in [5.74, 6) is 1.11. The van der Waals surface area contributed by atoms with Crippen LogP contribution >= 0.6 is 11.8 Å². The number of carbonyl (C=O) groups is 1. The minimum absolute atomic E-state index is 0.166. The fourth-order valence-electron chi connectivity index (χ4n) is 2.81. The van der Waals surface area contributed by atoms with Crippen LogP contribution in [0.3, 0.4) is 0 Å². The van der Waals surface area contributed by atoms with Crippen LogP contribution in [0.5, 0.6) is 5.75 Å². The first-order valence-electron chi connectivity index (χ1n) is 9.50. The van der Waals surface area contributed by atoms with Gasteiger partial charge < -0.3 is 10.1 Å². The van der Waals surface area contributed by atoms with Crippen molar-refractivity contribution in [2.75, 3.05) is 12.4 Å². The number of amides is 1. The van der Waals surface area contributed by atoms with Crippen LogP contribution in [0.2, 0.25) is 0 Å². The molecule has 1 atom stereocenters. The van der Waals surface area contributed by atoms with Crippen molar-refractivity contribution in [3.63, 3.8) is 0 Å². The molecule has 1 N–H and O–H groups in total. The fourth-order valence-corrected chi connectivity index (χ4v) is 3.81. The van der Waals surface area contributed by atoms with E-state index in [9.17, 15) is 10.1 Å².